The number of carbonyl (C=O) groups excluding carboxylic acids is 1. The van der Waals surface area contributed by atoms with Crippen molar-refractivity contribution in [3.8, 4) is 0 Å². The molecule has 7 heteroatoms. The van der Waals surface area contributed by atoms with Crippen molar-refractivity contribution in [2.45, 2.75) is 51.7 Å². The predicted molar refractivity (Wildman–Crippen MR) is 68.4 cm³/mol. The number of carbonyl (C=O) groups is 2. The van der Waals surface area contributed by atoms with Crippen molar-refractivity contribution < 1.29 is 27.9 Å². The first-order chi connectivity index (χ1) is 9.54. The van der Waals surface area contributed by atoms with Crippen LogP contribution in [-0.4, -0.2) is 40.6 Å². The molecule has 1 heterocycles. The van der Waals surface area contributed by atoms with Gasteiger partial charge in [0, 0.05) is 13.0 Å². The summed E-state index contributed by atoms with van der Waals surface area (Å²) >= 11 is 0. The number of alkyl halides is 3. The van der Waals surface area contributed by atoms with E-state index >= 15 is 0 Å². The highest BCUT2D eigenvalue weighted by atomic mass is 19.4. The molecule has 2 aliphatic rings. The second-order valence-corrected chi connectivity index (χ2v) is 6.74. The van der Waals surface area contributed by atoms with Crippen molar-refractivity contribution in [1.82, 2.24) is 4.90 Å². The van der Waals surface area contributed by atoms with Gasteiger partial charge in [0.15, 0.2) is 0 Å². The molecule has 3 unspecified atom stereocenters. The fraction of sp³-hybridized carbons (Fsp3) is 0.857. The molecular formula is C14H20F3NO3. The van der Waals surface area contributed by atoms with Crippen molar-refractivity contribution in [1.29, 1.82) is 0 Å². The first-order valence-corrected chi connectivity index (χ1v) is 7.13. The Morgan fingerprint density at radius 2 is 1.86 bits per heavy atom. The van der Waals surface area contributed by atoms with E-state index in [1.807, 2.05) is 0 Å². The van der Waals surface area contributed by atoms with E-state index in [-0.39, 0.29) is 18.4 Å². The summed E-state index contributed by atoms with van der Waals surface area (Å²) in [5.74, 6) is -1.81. The molecule has 1 saturated heterocycles. The fourth-order valence-corrected chi connectivity index (χ4v) is 3.46. The maximum Gasteiger partial charge on any atom is 0.394 e. The highest BCUT2D eigenvalue weighted by Crippen LogP contribution is 2.45. The summed E-state index contributed by atoms with van der Waals surface area (Å²) in [5.41, 5.74) is -2.15. The van der Waals surface area contributed by atoms with Gasteiger partial charge in [-0.25, -0.2) is 4.79 Å². The molecule has 120 valence electrons. The molecule has 2 rings (SSSR count). The van der Waals surface area contributed by atoms with Crippen LogP contribution >= 0.6 is 0 Å². The Morgan fingerprint density at radius 1 is 1.24 bits per heavy atom. The van der Waals surface area contributed by atoms with Gasteiger partial charge in [-0.3, -0.25) is 4.79 Å². The monoisotopic (exact) mass is 307 g/mol. The van der Waals surface area contributed by atoms with Gasteiger partial charge in [0.2, 0.25) is 5.91 Å². The molecule has 1 amide bonds. The minimum atomic E-state index is -4.49. The van der Waals surface area contributed by atoms with Gasteiger partial charge in [0.1, 0.15) is 6.04 Å². The Bertz CT molecular complexity index is 447. The number of nitrogens with zero attached hydrogens (tertiary/aromatic N) is 1. The van der Waals surface area contributed by atoms with Crippen LogP contribution in [0.2, 0.25) is 0 Å². The van der Waals surface area contributed by atoms with Gasteiger partial charge < -0.3 is 10.0 Å². The number of hydrogen-bond acceptors (Lipinski definition) is 2. The highest BCUT2D eigenvalue weighted by molar-refractivity contribution is 5.85. The summed E-state index contributed by atoms with van der Waals surface area (Å²) in [6.07, 6.45) is -2.69. The molecule has 0 bridgehead atoms. The summed E-state index contributed by atoms with van der Waals surface area (Å²) in [4.78, 5) is 24.8. The molecule has 0 aromatic heterocycles. The van der Waals surface area contributed by atoms with Crippen molar-refractivity contribution in [2.75, 3.05) is 6.54 Å². The van der Waals surface area contributed by atoms with Crippen molar-refractivity contribution in [2.24, 2.45) is 17.3 Å². The number of aliphatic carboxylic acids is 1. The van der Waals surface area contributed by atoms with E-state index in [1.165, 1.54) is 0 Å². The maximum atomic E-state index is 12.9. The first kappa shape index (κ1) is 16.1. The highest BCUT2D eigenvalue weighted by Gasteiger charge is 2.53. The van der Waals surface area contributed by atoms with Crippen molar-refractivity contribution in [3.63, 3.8) is 0 Å². The molecule has 2 fully saturated rings. The zero-order chi connectivity index (χ0) is 16.0. The molecule has 0 aromatic carbocycles. The number of fused-ring (bicyclic) bond motifs is 1. The average Bonchev–Trinajstić information content (AvgIpc) is 2.84. The third kappa shape index (κ3) is 2.87. The number of rotatable bonds is 3. The van der Waals surface area contributed by atoms with Crippen LogP contribution in [0.5, 0.6) is 0 Å². The fourth-order valence-electron chi connectivity index (χ4n) is 3.46. The molecular weight excluding hydrogens is 287 g/mol. The van der Waals surface area contributed by atoms with Crippen LogP contribution < -0.4 is 0 Å². The van der Waals surface area contributed by atoms with Crippen LogP contribution in [0.4, 0.5) is 13.2 Å². The van der Waals surface area contributed by atoms with Crippen molar-refractivity contribution >= 4 is 11.9 Å². The molecule has 0 aromatic rings. The summed E-state index contributed by atoms with van der Waals surface area (Å²) in [6, 6.07) is -0.964. The quantitative estimate of drug-likeness (QED) is 0.872. The molecule has 0 spiro atoms. The van der Waals surface area contributed by atoms with E-state index in [0.717, 1.165) is 38.0 Å². The molecule has 1 aliphatic heterocycles. The lowest BCUT2D eigenvalue weighted by molar-refractivity contribution is -0.215. The van der Waals surface area contributed by atoms with Gasteiger partial charge in [-0.05, 0) is 24.7 Å². The second-order valence-electron chi connectivity index (χ2n) is 6.74. The zero-order valence-electron chi connectivity index (χ0n) is 12.1. The third-order valence-corrected chi connectivity index (χ3v) is 4.82. The predicted octanol–water partition coefficient (Wildman–Crippen LogP) is 2.68. The van der Waals surface area contributed by atoms with E-state index in [9.17, 15) is 27.9 Å². The molecule has 0 radical (unpaired) electrons. The van der Waals surface area contributed by atoms with Crippen LogP contribution in [-0.2, 0) is 9.59 Å². The minimum absolute atomic E-state index is 0.111. The Morgan fingerprint density at radius 3 is 2.38 bits per heavy atom. The van der Waals surface area contributed by atoms with Gasteiger partial charge in [0.25, 0.3) is 0 Å². The Kier molecular flexibility index (Phi) is 3.97. The topological polar surface area (TPSA) is 57.6 Å². The molecule has 1 saturated carbocycles. The van der Waals surface area contributed by atoms with E-state index in [1.54, 1.807) is 0 Å². The van der Waals surface area contributed by atoms with Gasteiger partial charge >= 0.3 is 12.1 Å². The Balaban J connectivity index is 2.14. The third-order valence-electron chi connectivity index (χ3n) is 4.82. The standard InChI is InChI=1S/C14H20F3NO3/c1-13(2,14(15,16)17)6-10(19)18-7-8-4-3-5-9(8)11(18)12(20)21/h8-9,11H,3-7H2,1-2H3,(H,20,21). The number of halogens is 3. The number of carboxylic acids is 1. The summed E-state index contributed by atoms with van der Waals surface area (Å²) < 4.78 is 38.6. The summed E-state index contributed by atoms with van der Waals surface area (Å²) in [7, 11) is 0. The van der Waals surface area contributed by atoms with Gasteiger partial charge in [-0.1, -0.05) is 20.3 Å². The molecule has 1 N–H and O–H groups in total. The number of amides is 1. The number of carboxylic acid groups (broad SMARTS) is 1. The molecule has 4 nitrogen and oxygen atoms in total. The van der Waals surface area contributed by atoms with Crippen LogP contribution in [0.25, 0.3) is 0 Å². The van der Waals surface area contributed by atoms with Crippen LogP contribution in [0, 0.1) is 17.3 Å². The van der Waals surface area contributed by atoms with E-state index in [2.05, 4.69) is 0 Å². The normalized spacial score (nSPS) is 29.6. The summed E-state index contributed by atoms with van der Waals surface area (Å²) in [5, 5.41) is 9.32. The molecule has 21 heavy (non-hydrogen) atoms. The SMILES string of the molecule is CC(C)(CC(=O)N1CC2CCCC2C1C(=O)O)C(F)(F)F. The van der Waals surface area contributed by atoms with Gasteiger partial charge in [0.05, 0.1) is 5.41 Å². The molecule has 3 atom stereocenters. The lowest BCUT2D eigenvalue weighted by atomic mass is 9.87. The smallest absolute Gasteiger partial charge is 0.394 e. The van der Waals surface area contributed by atoms with Crippen LogP contribution in [0.15, 0.2) is 0 Å². The Labute approximate surface area is 121 Å². The zero-order valence-corrected chi connectivity index (χ0v) is 12.1. The van der Waals surface area contributed by atoms with Crippen LogP contribution in [0.3, 0.4) is 0 Å². The van der Waals surface area contributed by atoms with Gasteiger partial charge in [-0.2, -0.15) is 13.2 Å². The number of hydrogen-bond donors (Lipinski definition) is 1. The summed E-state index contributed by atoms with van der Waals surface area (Å²) in [6.45, 7) is 2.21. The lowest BCUT2D eigenvalue weighted by Gasteiger charge is -2.31. The average molecular weight is 307 g/mol. The van der Waals surface area contributed by atoms with Crippen LogP contribution in [0.1, 0.15) is 39.5 Å². The second kappa shape index (κ2) is 5.18. The van der Waals surface area contributed by atoms with Crippen molar-refractivity contribution in [3.05, 3.63) is 0 Å². The minimum Gasteiger partial charge on any atom is -0.480 e. The van der Waals surface area contributed by atoms with E-state index in [0.29, 0.717) is 0 Å². The van der Waals surface area contributed by atoms with E-state index in [4.69, 9.17) is 0 Å². The lowest BCUT2D eigenvalue weighted by Crippen LogP contribution is -2.46. The largest absolute Gasteiger partial charge is 0.480 e. The molecule has 1 aliphatic carbocycles. The first-order valence-electron chi connectivity index (χ1n) is 7.13. The van der Waals surface area contributed by atoms with Gasteiger partial charge in [-0.15, -0.1) is 0 Å². The number of likely N-dealkylation sites (tertiary alicyclic amines) is 1. The van der Waals surface area contributed by atoms with E-state index < -0.39 is 35.9 Å². The maximum absolute atomic E-state index is 12.9. The Hall–Kier alpha value is -1.27.